The Morgan fingerprint density at radius 3 is 2.03 bits per heavy atom. The van der Waals surface area contributed by atoms with Crippen LogP contribution in [0.2, 0.25) is 0 Å². The number of rotatable bonds is 11. The maximum absolute atomic E-state index is 13.9. The lowest BCUT2D eigenvalue weighted by Gasteiger charge is -2.33. The number of carbonyl (C=O) groups is 2. The molecule has 0 bridgehead atoms. The molecule has 0 saturated heterocycles. The van der Waals surface area contributed by atoms with Crippen LogP contribution in [0.5, 0.6) is 0 Å². The van der Waals surface area contributed by atoms with Gasteiger partial charge in [-0.1, -0.05) is 77.5 Å². The predicted octanol–water partition coefficient (Wildman–Crippen LogP) is 4.16. The van der Waals surface area contributed by atoms with Crippen LogP contribution in [0.3, 0.4) is 0 Å². The van der Waals surface area contributed by atoms with Crippen LogP contribution >= 0.6 is 15.9 Å². The Hall–Kier alpha value is -3.17. The van der Waals surface area contributed by atoms with Gasteiger partial charge in [-0.25, -0.2) is 8.42 Å². The van der Waals surface area contributed by atoms with E-state index in [9.17, 15) is 18.0 Å². The molecule has 3 aromatic carbocycles. The van der Waals surface area contributed by atoms with Crippen molar-refractivity contribution in [2.24, 2.45) is 0 Å². The van der Waals surface area contributed by atoms with Gasteiger partial charge in [0.05, 0.1) is 11.9 Å². The Balaban J connectivity index is 2.00. The first-order valence-corrected chi connectivity index (χ1v) is 14.6. The second-order valence-electron chi connectivity index (χ2n) is 8.76. The Morgan fingerprint density at radius 1 is 0.892 bits per heavy atom. The molecular formula is C28H32BrN3O4S. The first-order chi connectivity index (χ1) is 17.6. The van der Waals surface area contributed by atoms with Crippen molar-refractivity contribution in [1.29, 1.82) is 0 Å². The number of sulfonamides is 1. The zero-order valence-electron chi connectivity index (χ0n) is 21.2. The Morgan fingerprint density at radius 2 is 1.49 bits per heavy atom. The highest BCUT2D eigenvalue weighted by atomic mass is 79.9. The van der Waals surface area contributed by atoms with Crippen LogP contribution in [0.15, 0.2) is 83.3 Å². The standard InChI is InChI=1S/C28H32BrN3O4S/c1-4-21-12-16-25(17-13-21)32(37(3,35)36)20-27(33)31(19-23-10-14-24(29)15-11-23)26(28(34)30-2)18-22-8-6-5-7-9-22/h5-17,26H,4,18-20H2,1-3H3,(H,30,34). The summed E-state index contributed by atoms with van der Waals surface area (Å²) in [4.78, 5) is 28.4. The Labute approximate surface area is 227 Å². The van der Waals surface area contributed by atoms with Crippen molar-refractivity contribution >= 4 is 43.5 Å². The lowest BCUT2D eigenvalue weighted by Crippen LogP contribution is -2.52. The van der Waals surface area contributed by atoms with E-state index in [0.29, 0.717) is 5.69 Å². The van der Waals surface area contributed by atoms with E-state index in [1.807, 2.05) is 73.7 Å². The summed E-state index contributed by atoms with van der Waals surface area (Å²) in [6.07, 6.45) is 2.17. The van der Waals surface area contributed by atoms with Gasteiger partial charge in [0.1, 0.15) is 12.6 Å². The average molecular weight is 587 g/mol. The highest BCUT2D eigenvalue weighted by Crippen LogP contribution is 2.21. The first-order valence-electron chi connectivity index (χ1n) is 12.0. The van der Waals surface area contributed by atoms with E-state index in [1.54, 1.807) is 12.1 Å². The van der Waals surface area contributed by atoms with E-state index in [1.165, 1.54) is 11.9 Å². The van der Waals surface area contributed by atoms with Crippen LogP contribution in [0, 0.1) is 0 Å². The number of amides is 2. The molecule has 7 nitrogen and oxygen atoms in total. The number of nitrogens with zero attached hydrogens (tertiary/aromatic N) is 2. The van der Waals surface area contributed by atoms with E-state index >= 15 is 0 Å². The molecule has 1 N–H and O–H groups in total. The van der Waals surface area contributed by atoms with Crippen molar-refractivity contribution in [3.8, 4) is 0 Å². The zero-order valence-corrected chi connectivity index (χ0v) is 23.6. The maximum Gasteiger partial charge on any atom is 0.244 e. The molecule has 37 heavy (non-hydrogen) atoms. The van der Waals surface area contributed by atoms with E-state index in [-0.39, 0.29) is 18.9 Å². The van der Waals surface area contributed by atoms with Crippen LogP contribution in [0.1, 0.15) is 23.6 Å². The summed E-state index contributed by atoms with van der Waals surface area (Å²) in [7, 11) is -2.25. The van der Waals surface area contributed by atoms with Crippen LogP contribution in [-0.4, -0.2) is 51.0 Å². The molecule has 3 aromatic rings. The van der Waals surface area contributed by atoms with Crippen LogP contribution in [0.25, 0.3) is 0 Å². The van der Waals surface area contributed by atoms with E-state index in [4.69, 9.17) is 0 Å². The third-order valence-electron chi connectivity index (χ3n) is 6.10. The number of likely N-dealkylation sites (N-methyl/N-ethyl adjacent to an activating group) is 1. The average Bonchev–Trinajstić information content (AvgIpc) is 2.89. The second kappa shape index (κ2) is 12.9. The number of nitrogens with one attached hydrogen (secondary N) is 1. The largest absolute Gasteiger partial charge is 0.357 e. The minimum Gasteiger partial charge on any atom is -0.357 e. The summed E-state index contributed by atoms with van der Waals surface area (Å²) in [5, 5.41) is 2.67. The number of halogens is 1. The molecule has 0 saturated carbocycles. The second-order valence-corrected chi connectivity index (χ2v) is 11.6. The van der Waals surface area contributed by atoms with Gasteiger partial charge < -0.3 is 10.2 Å². The third-order valence-corrected chi connectivity index (χ3v) is 7.76. The summed E-state index contributed by atoms with van der Waals surface area (Å²) >= 11 is 3.42. The fourth-order valence-electron chi connectivity index (χ4n) is 4.02. The topological polar surface area (TPSA) is 86.8 Å². The number of anilines is 1. The number of aryl methyl sites for hydroxylation is 1. The molecule has 1 unspecified atom stereocenters. The third kappa shape index (κ3) is 7.90. The van der Waals surface area contributed by atoms with Gasteiger partial charge in [-0.15, -0.1) is 0 Å². The molecule has 0 aliphatic heterocycles. The molecule has 0 aliphatic carbocycles. The summed E-state index contributed by atoms with van der Waals surface area (Å²) < 4.78 is 27.5. The van der Waals surface area contributed by atoms with E-state index in [0.717, 1.165) is 38.1 Å². The smallest absolute Gasteiger partial charge is 0.244 e. The molecule has 0 aromatic heterocycles. The quantitative estimate of drug-likeness (QED) is 0.366. The normalized spacial score (nSPS) is 12.0. The van der Waals surface area contributed by atoms with Gasteiger partial charge in [0, 0.05) is 24.5 Å². The highest BCUT2D eigenvalue weighted by Gasteiger charge is 2.32. The van der Waals surface area contributed by atoms with Crippen molar-refractivity contribution in [3.63, 3.8) is 0 Å². The summed E-state index contributed by atoms with van der Waals surface area (Å²) in [5.74, 6) is -0.801. The molecule has 196 valence electrons. The lowest BCUT2D eigenvalue weighted by atomic mass is 10.0. The minimum atomic E-state index is -3.78. The molecule has 0 spiro atoms. The lowest BCUT2D eigenvalue weighted by molar-refractivity contribution is -0.139. The number of hydrogen-bond donors (Lipinski definition) is 1. The zero-order chi connectivity index (χ0) is 27.0. The number of benzene rings is 3. The summed E-state index contributed by atoms with van der Waals surface area (Å²) in [6.45, 7) is 1.73. The fourth-order valence-corrected chi connectivity index (χ4v) is 5.13. The molecular weight excluding hydrogens is 554 g/mol. The summed E-state index contributed by atoms with van der Waals surface area (Å²) in [6, 6.07) is 23.2. The Kier molecular flexibility index (Phi) is 9.88. The van der Waals surface area contributed by atoms with Crippen molar-refractivity contribution in [3.05, 3.63) is 100 Å². The molecule has 9 heteroatoms. The van der Waals surface area contributed by atoms with Crippen molar-refractivity contribution in [2.75, 3.05) is 24.2 Å². The van der Waals surface area contributed by atoms with Gasteiger partial charge in [0.25, 0.3) is 0 Å². The van der Waals surface area contributed by atoms with Crippen molar-refractivity contribution in [1.82, 2.24) is 10.2 Å². The first kappa shape index (κ1) is 28.4. The van der Waals surface area contributed by atoms with Gasteiger partial charge in [-0.3, -0.25) is 13.9 Å². The number of hydrogen-bond acceptors (Lipinski definition) is 4. The maximum atomic E-state index is 13.9. The molecule has 1 atom stereocenters. The van der Waals surface area contributed by atoms with Gasteiger partial charge >= 0.3 is 0 Å². The highest BCUT2D eigenvalue weighted by molar-refractivity contribution is 9.10. The van der Waals surface area contributed by atoms with E-state index in [2.05, 4.69) is 21.2 Å². The number of carbonyl (C=O) groups excluding carboxylic acids is 2. The molecule has 2 amide bonds. The predicted molar refractivity (Wildman–Crippen MR) is 151 cm³/mol. The molecule has 0 fully saturated rings. The van der Waals surface area contributed by atoms with Gasteiger partial charge in [0.15, 0.2) is 0 Å². The minimum absolute atomic E-state index is 0.142. The fraction of sp³-hybridized carbons (Fsp3) is 0.286. The molecule has 0 aliphatic rings. The van der Waals surface area contributed by atoms with E-state index < -0.39 is 28.5 Å². The molecule has 0 radical (unpaired) electrons. The van der Waals surface area contributed by atoms with Crippen LogP contribution in [0.4, 0.5) is 5.69 Å². The molecule has 3 rings (SSSR count). The van der Waals surface area contributed by atoms with Crippen molar-refractivity contribution < 1.29 is 18.0 Å². The summed E-state index contributed by atoms with van der Waals surface area (Å²) in [5.41, 5.74) is 3.16. The van der Waals surface area contributed by atoms with Gasteiger partial charge in [-0.05, 0) is 47.4 Å². The van der Waals surface area contributed by atoms with Gasteiger partial charge in [-0.2, -0.15) is 0 Å². The van der Waals surface area contributed by atoms with Crippen molar-refractivity contribution in [2.45, 2.75) is 32.4 Å². The van der Waals surface area contributed by atoms with Gasteiger partial charge in [0.2, 0.25) is 21.8 Å². The molecule has 0 heterocycles. The van der Waals surface area contributed by atoms with Crippen LogP contribution in [-0.2, 0) is 39.0 Å². The SMILES string of the molecule is CCc1ccc(N(CC(=O)N(Cc2ccc(Br)cc2)C(Cc2ccccc2)C(=O)NC)S(C)(=O)=O)cc1. The Bertz CT molecular complexity index is 1300. The monoisotopic (exact) mass is 585 g/mol. The van der Waals surface area contributed by atoms with Crippen LogP contribution < -0.4 is 9.62 Å².